The average molecular weight is 644 g/mol. The number of rotatable bonds is 9. The Morgan fingerprint density at radius 1 is 1.16 bits per heavy atom. The molecule has 0 amide bonds. The number of benzene rings is 3. The summed E-state index contributed by atoms with van der Waals surface area (Å²) in [6.45, 7) is 4.15. The lowest BCUT2D eigenvalue weighted by Gasteiger charge is -2.15. The van der Waals surface area contributed by atoms with Crippen LogP contribution in [0.2, 0.25) is 0 Å². The van der Waals surface area contributed by atoms with Crippen LogP contribution in [0.4, 0.5) is 5.69 Å². The van der Waals surface area contributed by atoms with Gasteiger partial charge in [-0.15, -0.1) is 0 Å². The van der Waals surface area contributed by atoms with Crippen molar-refractivity contribution in [3.63, 3.8) is 0 Å². The highest BCUT2D eigenvalue weighted by Crippen LogP contribution is 2.34. The number of nitrogens with zero attached hydrogens (tertiary/aromatic N) is 4. The van der Waals surface area contributed by atoms with Gasteiger partial charge in [0.15, 0.2) is 11.5 Å². The second kappa shape index (κ2) is 11.9. The third kappa shape index (κ3) is 5.94. The van der Waals surface area contributed by atoms with Gasteiger partial charge in [-0.25, -0.2) is 4.98 Å². The van der Waals surface area contributed by atoms with Crippen LogP contribution < -0.4 is 15.0 Å². The van der Waals surface area contributed by atoms with Crippen molar-refractivity contribution in [3.05, 3.63) is 101 Å². The molecule has 4 aromatic rings. The lowest BCUT2D eigenvalue weighted by molar-refractivity contribution is -0.384. The molecule has 0 saturated carbocycles. The molecule has 0 saturated heterocycles. The van der Waals surface area contributed by atoms with E-state index >= 15 is 0 Å². The summed E-state index contributed by atoms with van der Waals surface area (Å²) in [5.74, 6) is 1.46. The molecule has 196 valence electrons. The van der Waals surface area contributed by atoms with E-state index in [1.165, 1.54) is 23.9 Å². The Morgan fingerprint density at radius 3 is 2.66 bits per heavy atom. The van der Waals surface area contributed by atoms with E-state index in [1.54, 1.807) is 36.5 Å². The van der Waals surface area contributed by atoms with E-state index in [9.17, 15) is 14.9 Å². The van der Waals surface area contributed by atoms with Crippen LogP contribution in [-0.2, 0) is 6.61 Å². The fourth-order valence-electron chi connectivity index (χ4n) is 3.74. The first-order valence-corrected chi connectivity index (χ1v) is 13.3. The summed E-state index contributed by atoms with van der Waals surface area (Å²) in [4.78, 5) is 28.7. The molecule has 1 aromatic heterocycles. The minimum absolute atomic E-state index is 0.00616. The molecule has 0 radical (unpaired) electrons. The van der Waals surface area contributed by atoms with Crippen molar-refractivity contribution in [1.82, 2.24) is 9.66 Å². The number of methoxy groups -OCH3 is 1. The summed E-state index contributed by atoms with van der Waals surface area (Å²) in [5.41, 5.74) is 1.65. The Bertz CT molecular complexity index is 1600. The first-order valence-electron chi connectivity index (χ1n) is 11.7. The van der Waals surface area contributed by atoms with Crippen LogP contribution >= 0.6 is 31.9 Å². The van der Waals surface area contributed by atoms with Crippen LogP contribution in [0.3, 0.4) is 0 Å². The minimum atomic E-state index is -0.448. The maximum atomic E-state index is 13.4. The highest BCUT2D eigenvalue weighted by Gasteiger charge is 2.16. The van der Waals surface area contributed by atoms with Crippen molar-refractivity contribution in [1.29, 1.82) is 0 Å². The Labute approximate surface area is 235 Å². The lowest BCUT2D eigenvalue weighted by Crippen LogP contribution is -2.23. The topological polar surface area (TPSA) is 109 Å². The van der Waals surface area contributed by atoms with Crippen LogP contribution in [-0.4, -0.2) is 27.9 Å². The predicted molar refractivity (Wildman–Crippen MR) is 154 cm³/mol. The van der Waals surface area contributed by atoms with Gasteiger partial charge in [0.2, 0.25) is 0 Å². The van der Waals surface area contributed by atoms with Gasteiger partial charge in [-0.1, -0.05) is 41.9 Å². The summed E-state index contributed by atoms with van der Waals surface area (Å²) in [5, 5.41) is 16.0. The van der Waals surface area contributed by atoms with Gasteiger partial charge in [0, 0.05) is 32.6 Å². The fourth-order valence-corrected chi connectivity index (χ4v) is 4.53. The van der Waals surface area contributed by atoms with Crippen LogP contribution in [0, 0.1) is 10.1 Å². The molecule has 0 bridgehead atoms. The number of aromatic nitrogens is 2. The fraction of sp³-hybridized carbons (Fsp3) is 0.222. The van der Waals surface area contributed by atoms with E-state index in [4.69, 9.17) is 14.5 Å². The van der Waals surface area contributed by atoms with E-state index in [-0.39, 0.29) is 23.8 Å². The summed E-state index contributed by atoms with van der Waals surface area (Å²) in [6.07, 6.45) is 2.35. The highest BCUT2D eigenvalue weighted by molar-refractivity contribution is 9.10. The van der Waals surface area contributed by atoms with Gasteiger partial charge in [-0.3, -0.25) is 14.9 Å². The molecule has 0 aliphatic heterocycles. The molecule has 0 unspecified atom stereocenters. The molecule has 3 aromatic carbocycles. The van der Waals surface area contributed by atoms with Crippen molar-refractivity contribution in [3.8, 4) is 11.5 Å². The number of nitro groups is 1. The highest BCUT2D eigenvalue weighted by atomic mass is 79.9. The quantitative estimate of drug-likeness (QED) is 0.113. The van der Waals surface area contributed by atoms with Gasteiger partial charge in [0.05, 0.1) is 29.2 Å². The van der Waals surface area contributed by atoms with Crippen molar-refractivity contribution in [2.24, 2.45) is 5.10 Å². The normalized spacial score (nSPS) is 12.1. The van der Waals surface area contributed by atoms with E-state index in [1.807, 2.05) is 26.0 Å². The molecule has 11 heteroatoms. The molecule has 0 spiro atoms. The van der Waals surface area contributed by atoms with Crippen molar-refractivity contribution >= 4 is 54.7 Å². The molecule has 9 nitrogen and oxygen atoms in total. The number of nitro benzene ring substituents is 1. The lowest BCUT2D eigenvalue weighted by atomic mass is 10.1. The van der Waals surface area contributed by atoms with Gasteiger partial charge in [0.1, 0.15) is 12.4 Å². The number of ether oxygens (including phenoxy) is 2. The Balaban J connectivity index is 1.68. The van der Waals surface area contributed by atoms with Crippen LogP contribution in [0.15, 0.2) is 73.4 Å². The molecule has 1 heterocycles. The maximum Gasteiger partial charge on any atom is 0.282 e. The third-order valence-corrected chi connectivity index (χ3v) is 7.18. The van der Waals surface area contributed by atoms with Gasteiger partial charge in [0.25, 0.3) is 11.2 Å². The molecule has 0 N–H and O–H groups in total. The zero-order chi connectivity index (χ0) is 27.4. The second-order valence-corrected chi connectivity index (χ2v) is 10.3. The van der Waals surface area contributed by atoms with Crippen molar-refractivity contribution < 1.29 is 14.4 Å². The first-order chi connectivity index (χ1) is 18.2. The number of hydrogen-bond acceptors (Lipinski definition) is 7. The van der Waals surface area contributed by atoms with Crippen molar-refractivity contribution in [2.75, 3.05) is 7.11 Å². The van der Waals surface area contributed by atoms with Crippen molar-refractivity contribution in [2.45, 2.75) is 32.8 Å². The number of fused-ring (bicyclic) bond motifs is 1. The molecular weight excluding hydrogens is 620 g/mol. The molecule has 38 heavy (non-hydrogen) atoms. The monoisotopic (exact) mass is 642 g/mol. The van der Waals surface area contributed by atoms with Gasteiger partial charge in [-0.05, 0) is 58.2 Å². The smallest absolute Gasteiger partial charge is 0.282 e. The minimum Gasteiger partial charge on any atom is -0.493 e. The molecule has 0 aliphatic carbocycles. The number of halogens is 2. The Morgan fingerprint density at radius 2 is 1.95 bits per heavy atom. The maximum absolute atomic E-state index is 13.4. The number of non-ortho nitro benzene ring substituents is 1. The predicted octanol–water partition coefficient (Wildman–Crippen LogP) is 6.81. The standard InChI is InChI=1S/C27H24Br2N4O5/c1-4-16(2)26-31-23-9-8-19(28)12-21(23)27(34)32(26)30-14-18-11-24(37-3)25(13-22(18)29)38-15-17-6-5-7-20(10-17)33(35)36/h5-14,16H,4,15H2,1-3H3/t16-/m1/s1. The molecule has 1 atom stereocenters. The second-order valence-electron chi connectivity index (χ2n) is 8.54. The summed E-state index contributed by atoms with van der Waals surface area (Å²) in [6, 6.07) is 15.1. The zero-order valence-corrected chi connectivity index (χ0v) is 24.0. The first kappa shape index (κ1) is 27.5. The van der Waals surface area contributed by atoms with Crippen LogP contribution in [0.25, 0.3) is 10.9 Å². The SMILES string of the molecule is CC[C@@H](C)c1nc2ccc(Br)cc2c(=O)n1N=Cc1cc(OC)c(OCc2cccc([N+](=O)[O-])c2)cc1Br. The molecular formula is C27H24Br2N4O5. The number of hydrogen-bond donors (Lipinski definition) is 0. The van der Waals surface area contributed by atoms with Crippen LogP contribution in [0.1, 0.15) is 43.1 Å². The van der Waals surface area contributed by atoms with Gasteiger partial charge >= 0.3 is 0 Å². The third-order valence-electron chi connectivity index (χ3n) is 6.00. The van der Waals surface area contributed by atoms with E-state index in [0.717, 1.165) is 10.9 Å². The largest absolute Gasteiger partial charge is 0.493 e. The summed E-state index contributed by atoms with van der Waals surface area (Å²) >= 11 is 6.97. The molecule has 4 rings (SSSR count). The molecule has 0 aliphatic rings. The molecule has 0 fully saturated rings. The summed E-state index contributed by atoms with van der Waals surface area (Å²) in [7, 11) is 1.51. The van der Waals surface area contributed by atoms with E-state index in [2.05, 4.69) is 37.0 Å². The zero-order valence-electron chi connectivity index (χ0n) is 20.9. The average Bonchev–Trinajstić information content (AvgIpc) is 2.91. The van der Waals surface area contributed by atoms with Gasteiger partial charge in [-0.2, -0.15) is 9.78 Å². The van der Waals surface area contributed by atoms with Crippen LogP contribution in [0.5, 0.6) is 11.5 Å². The summed E-state index contributed by atoms with van der Waals surface area (Å²) < 4.78 is 14.2. The van der Waals surface area contributed by atoms with E-state index in [0.29, 0.717) is 43.8 Å². The Hall–Kier alpha value is -3.57. The Kier molecular flexibility index (Phi) is 8.58. The van der Waals surface area contributed by atoms with Gasteiger partial charge < -0.3 is 9.47 Å². The van der Waals surface area contributed by atoms with E-state index < -0.39 is 4.92 Å².